The molecule has 0 unspecified atom stereocenters. The Hall–Kier alpha value is -0.250. The highest BCUT2D eigenvalue weighted by molar-refractivity contribution is 5.85. The van der Waals surface area contributed by atoms with Gasteiger partial charge in [0, 0.05) is 5.92 Å². The van der Waals surface area contributed by atoms with Gasteiger partial charge in [-0.1, -0.05) is 0 Å². The fraction of sp³-hybridized carbons (Fsp3) is 0.625. The molecular weight excluding hydrogens is 211 g/mol. The highest BCUT2D eigenvalue weighted by Gasteiger charge is 2.27. The fourth-order valence-corrected chi connectivity index (χ4v) is 1.11. The predicted octanol–water partition coefficient (Wildman–Crippen LogP) is 2.12. The topological polar surface area (TPSA) is 38.1 Å². The minimum Gasteiger partial charge on any atom is -0.444 e. The Morgan fingerprint density at radius 3 is 2.77 bits per heavy atom. The number of rotatable bonds is 3. The van der Waals surface area contributed by atoms with Crippen LogP contribution in [0.5, 0.6) is 0 Å². The van der Waals surface area contributed by atoms with E-state index in [4.69, 9.17) is 4.42 Å². The molecule has 0 spiro atoms. The SMILES string of the molecule is CNCc1ncc(C2CC2)o1.Cl.Cl. The van der Waals surface area contributed by atoms with Crippen molar-refractivity contribution in [3.8, 4) is 0 Å². The molecule has 0 aromatic carbocycles. The van der Waals surface area contributed by atoms with Gasteiger partial charge >= 0.3 is 0 Å². The van der Waals surface area contributed by atoms with Crippen LogP contribution in [0.2, 0.25) is 0 Å². The van der Waals surface area contributed by atoms with Gasteiger partial charge in [-0.2, -0.15) is 0 Å². The summed E-state index contributed by atoms with van der Waals surface area (Å²) in [5.41, 5.74) is 0. The normalized spacial score (nSPS) is 14.5. The molecule has 76 valence electrons. The van der Waals surface area contributed by atoms with Crippen LogP contribution < -0.4 is 5.32 Å². The molecule has 1 aromatic rings. The molecule has 0 bridgehead atoms. The van der Waals surface area contributed by atoms with Gasteiger partial charge in [0.1, 0.15) is 5.76 Å². The summed E-state index contributed by atoms with van der Waals surface area (Å²) in [5.74, 6) is 2.54. The standard InChI is InChI=1S/C8H12N2O.2ClH/c1-9-5-8-10-4-7(11-8)6-2-3-6;;/h4,6,9H,2-3,5H2,1H3;2*1H. The molecule has 1 aliphatic carbocycles. The van der Waals surface area contributed by atoms with Crippen LogP contribution in [-0.2, 0) is 6.54 Å². The molecule has 2 rings (SSSR count). The maximum Gasteiger partial charge on any atom is 0.208 e. The third kappa shape index (κ3) is 3.18. The number of nitrogens with one attached hydrogen (secondary N) is 1. The molecule has 0 atom stereocenters. The number of hydrogen-bond acceptors (Lipinski definition) is 3. The Labute approximate surface area is 90.1 Å². The summed E-state index contributed by atoms with van der Waals surface area (Å²) in [6, 6.07) is 0. The average molecular weight is 225 g/mol. The van der Waals surface area contributed by atoms with Crippen molar-refractivity contribution < 1.29 is 4.42 Å². The van der Waals surface area contributed by atoms with E-state index in [1.54, 1.807) is 0 Å². The van der Waals surface area contributed by atoms with Gasteiger partial charge in [0.05, 0.1) is 12.7 Å². The Morgan fingerprint density at radius 2 is 2.23 bits per heavy atom. The Bertz CT molecular complexity index is 248. The third-order valence-electron chi connectivity index (χ3n) is 1.88. The van der Waals surface area contributed by atoms with E-state index >= 15 is 0 Å². The number of hydrogen-bond donors (Lipinski definition) is 1. The predicted molar refractivity (Wildman–Crippen MR) is 55.7 cm³/mol. The molecule has 13 heavy (non-hydrogen) atoms. The van der Waals surface area contributed by atoms with Crippen LogP contribution in [0.1, 0.15) is 30.4 Å². The molecule has 1 aliphatic rings. The number of nitrogens with zero attached hydrogens (tertiary/aromatic N) is 1. The molecule has 0 aliphatic heterocycles. The first-order valence-corrected chi connectivity index (χ1v) is 3.99. The zero-order valence-corrected chi connectivity index (χ0v) is 9.08. The summed E-state index contributed by atoms with van der Waals surface area (Å²) in [7, 11) is 1.89. The highest BCUT2D eigenvalue weighted by atomic mass is 35.5. The summed E-state index contributed by atoms with van der Waals surface area (Å²) in [5, 5.41) is 3.00. The monoisotopic (exact) mass is 224 g/mol. The molecule has 1 fully saturated rings. The molecule has 1 N–H and O–H groups in total. The lowest BCUT2D eigenvalue weighted by Gasteiger charge is -1.90. The van der Waals surface area contributed by atoms with Gasteiger partial charge in [0.25, 0.3) is 0 Å². The van der Waals surface area contributed by atoms with Gasteiger partial charge in [0.15, 0.2) is 0 Å². The second-order valence-corrected chi connectivity index (χ2v) is 2.96. The molecule has 0 saturated heterocycles. The van der Waals surface area contributed by atoms with E-state index in [1.165, 1.54) is 12.8 Å². The van der Waals surface area contributed by atoms with Crippen LogP contribution in [0.25, 0.3) is 0 Å². The van der Waals surface area contributed by atoms with Crippen molar-refractivity contribution in [3.05, 3.63) is 17.8 Å². The van der Waals surface area contributed by atoms with Gasteiger partial charge < -0.3 is 9.73 Å². The zero-order chi connectivity index (χ0) is 7.68. The molecule has 1 saturated carbocycles. The summed E-state index contributed by atoms with van der Waals surface area (Å²) >= 11 is 0. The number of oxazole rings is 1. The Kier molecular flexibility index (Phi) is 5.37. The van der Waals surface area contributed by atoms with Gasteiger partial charge in [-0.25, -0.2) is 4.98 Å². The molecule has 1 aromatic heterocycles. The largest absolute Gasteiger partial charge is 0.444 e. The average Bonchev–Trinajstić information content (AvgIpc) is 2.75. The molecular formula is C8H14Cl2N2O. The quantitative estimate of drug-likeness (QED) is 0.856. The van der Waals surface area contributed by atoms with E-state index in [-0.39, 0.29) is 24.8 Å². The second-order valence-electron chi connectivity index (χ2n) is 2.96. The van der Waals surface area contributed by atoms with Crippen molar-refractivity contribution in [2.75, 3.05) is 7.05 Å². The summed E-state index contributed by atoms with van der Waals surface area (Å²) in [4.78, 5) is 4.14. The van der Waals surface area contributed by atoms with Gasteiger partial charge in [-0.15, -0.1) is 24.8 Å². The third-order valence-corrected chi connectivity index (χ3v) is 1.88. The first-order chi connectivity index (χ1) is 5.40. The first kappa shape index (κ1) is 12.8. The Morgan fingerprint density at radius 1 is 1.54 bits per heavy atom. The van der Waals surface area contributed by atoms with Gasteiger partial charge in [0.2, 0.25) is 5.89 Å². The van der Waals surface area contributed by atoms with Crippen LogP contribution >= 0.6 is 24.8 Å². The maximum atomic E-state index is 5.47. The van der Waals surface area contributed by atoms with Crippen molar-refractivity contribution in [1.29, 1.82) is 0 Å². The lowest BCUT2D eigenvalue weighted by molar-refractivity contribution is 0.445. The highest BCUT2D eigenvalue weighted by Crippen LogP contribution is 2.40. The van der Waals surface area contributed by atoms with E-state index < -0.39 is 0 Å². The number of halogens is 2. The second kappa shape index (κ2) is 5.47. The molecule has 1 heterocycles. The minimum absolute atomic E-state index is 0. The van der Waals surface area contributed by atoms with E-state index in [0.717, 1.165) is 18.2 Å². The summed E-state index contributed by atoms with van der Waals surface area (Å²) in [6.07, 6.45) is 4.40. The summed E-state index contributed by atoms with van der Waals surface area (Å²) < 4.78 is 5.47. The van der Waals surface area contributed by atoms with Crippen molar-refractivity contribution in [1.82, 2.24) is 10.3 Å². The lowest BCUT2D eigenvalue weighted by Crippen LogP contribution is -2.04. The van der Waals surface area contributed by atoms with E-state index in [0.29, 0.717) is 5.92 Å². The lowest BCUT2D eigenvalue weighted by atomic mass is 10.3. The van der Waals surface area contributed by atoms with E-state index in [1.807, 2.05) is 13.2 Å². The summed E-state index contributed by atoms with van der Waals surface area (Å²) in [6.45, 7) is 0.729. The van der Waals surface area contributed by atoms with Crippen molar-refractivity contribution in [3.63, 3.8) is 0 Å². The smallest absolute Gasteiger partial charge is 0.208 e. The van der Waals surface area contributed by atoms with Crippen molar-refractivity contribution in [2.45, 2.75) is 25.3 Å². The van der Waals surface area contributed by atoms with Crippen LogP contribution in [0.3, 0.4) is 0 Å². The zero-order valence-electron chi connectivity index (χ0n) is 7.45. The van der Waals surface area contributed by atoms with Crippen LogP contribution in [0, 0.1) is 0 Å². The molecule has 3 nitrogen and oxygen atoms in total. The Balaban J connectivity index is 0.000000720. The van der Waals surface area contributed by atoms with Crippen LogP contribution in [0.4, 0.5) is 0 Å². The van der Waals surface area contributed by atoms with Gasteiger partial charge in [-0.3, -0.25) is 0 Å². The molecule has 0 amide bonds. The van der Waals surface area contributed by atoms with Gasteiger partial charge in [-0.05, 0) is 19.9 Å². The van der Waals surface area contributed by atoms with Crippen molar-refractivity contribution >= 4 is 24.8 Å². The van der Waals surface area contributed by atoms with E-state index in [9.17, 15) is 0 Å². The van der Waals surface area contributed by atoms with Crippen LogP contribution in [-0.4, -0.2) is 12.0 Å². The number of aromatic nitrogens is 1. The minimum atomic E-state index is 0. The molecule has 5 heteroatoms. The molecule has 0 radical (unpaired) electrons. The van der Waals surface area contributed by atoms with Crippen LogP contribution in [0.15, 0.2) is 10.6 Å². The maximum absolute atomic E-state index is 5.47. The first-order valence-electron chi connectivity index (χ1n) is 3.99. The van der Waals surface area contributed by atoms with E-state index in [2.05, 4.69) is 10.3 Å². The van der Waals surface area contributed by atoms with Crippen molar-refractivity contribution in [2.24, 2.45) is 0 Å². The fourth-order valence-electron chi connectivity index (χ4n) is 1.11.